The molecule has 18 heavy (non-hydrogen) atoms. The number of rotatable bonds is 4. The Kier molecular flexibility index (Phi) is 4.37. The van der Waals surface area contributed by atoms with Crippen LogP contribution < -0.4 is 0 Å². The fourth-order valence-corrected chi connectivity index (χ4v) is 1.68. The Bertz CT molecular complexity index is 338. The average Bonchev–Trinajstić information content (AvgIpc) is 2.72. The molecule has 7 nitrogen and oxygen atoms in total. The van der Waals surface area contributed by atoms with Crippen LogP contribution >= 0.6 is 0 Å². The number of carboxylic acid groups (broad SMARTS) is 1. The second kappa shape index (κ2) is 5.41. The molecule has 0 aromatic carbocycles. The zero-order valence-electron chi connectivity index (χ0n) is 11.3. The predicted molar refractivity (Wildman–Crippen MR) is 63.4 cm³/mol. The fourth-order valence-electron chi connectivity index (χ4n) is 1.68. The van der Waals surface area contributed by atoms with E-state index in [2.05, 4.69) is 5.28 Å². The van der Waals surface area contributed by atoms with Crippen molar-refractivity contribution < 1.29 is 19.7 Å². The minimum atomic E-state index is -0.813. The molecule has 0 radical (unpaired) electrons. The summed E-state index contributed by atoms with van der Waals surface area (Å²) in [5.41, 5.74) is -0.353. The Morgan fingerprint density at radius 1 is 1.50 bits per heavy atom. The van der Waals surface area contributed by atoms with E-state index in [1.54, 1.807) is 7.05 Å². The third-order valence-corrected chi connectivity index (χ3v) is 3.23. The van der Waals surface area contributed by atoms with Crippen LogP contribution in [0.3, 0.4) is 0 Å². The maximum Gasteiger partial charge on any atom is 0.306 e. The maximum absolute atomic E-state index is 11.6. The van der Waals surface area contributed by atoms with E-state index in [9.17, 15) is 10.0 Å². The Labute approximate surface area is 107 Å². The summed E-state index contributed by atoms with van der Waals surface area (Å²) < 4.78 is 0. The highest BCUT2D eigenvalue weighted by atomic mass is 16.7. The third-order valence-electron chi connectivity index (χ3n) is 3.23. The van der Waals surface area contributed by atoms with Crippen molar-refractivity contribution in [1.82, 2.24) is 5.01 Å². The molecule has 0 aromatic heterocycles. The summed E-state index contributed by atoms with van der Waals surface area (Å²) in [4.78, 5) is 16.3. The van der Waals surface area contributed by atoms with Crippen molar-refractivity contribution in [3.63, 3.8) is 0 Å². The Balaban J connectivity index is 2.48. The lowest BCUT2D eigenvalue weighted by molar-refractivity contribution is -0.720. The van der Waals surface area contributed by atoms with Gasteiger partial charge in [-0.15, -0.1) is 5.01 Å². The van der Waals surface area contributed by atoms with Gasteiger partial charge >= 0.3 is 5.97 Å². The second-order valence-corrected chi connectivity index (χ2v) is 5.60. The molecule has 0 bridgehead atoms. The van der Waals surface area contributed by atoms with Gasteiger partial charge in [-0.25, -0.2) is 0 Å². The Hall–Kier alpha value is -1.53. The summed E-state index contributed by atoms with van der Waals surface area (Å²) in [5.74, 6) is -1.20. The molecule has 0 heterocycles. The molecule has 1 aliphatic carbocycles. The number of carbonyl (C=O) groups is 1. The summed E-state index contributed by atoms with van der Waals surface area (Å²) >= 11 is 0. The Morgan fingerprint density at radius 3 is 2.56 bits per heavy atom. The molecule has 1 rings (SSSR count). The van der Waals surface area contributed by atoms with Crippen LogP contribution in [0.15, 0.2) is 5.28 Å². The maximum atomic E-state index is 11.6. The normalized spacial score (nSPS) is 25.0. The van der Waals surface area contributed by atoms with Crippen molar-refractivity contribution in [2.24, 2.45) is 11.2 Å². The van der Waals surface area contributed by atoms with Gasteiger partial charge in [-0.1, -0.05) is 0 Å². The number of hydrogen-bond donors (Lipinski definition) is 1. The van der Waals surface area contributed by atoms with E-state index in [1.807, 2.05) is 20.8 Å². The van der Waals surface area contributed by atoms with E-state index in [1.165, 1.54) is 5.01 Å². The zero-order valence-corrected chi connectivity index (χ0v) is 11.3. The quantitative estimate of drug-likeness (QED) is 0.472. The molecule has 0 amide bonds. The largest absolute Gasteiger partial charge is 0.569 e. The molecule has 0 saturated heterocycles. The first-order valence-electron chi connectivity index (χ1n) is 6.02. The highest BCUT2D eigenvalue weighted by molar-refractivity contribution is 5.70. The van der Waals surface area contributed by atoms with Gasteiger partial charge in [-0.3, -0.25) is 4.79 Å². The first-order chi connectivity index (χ1) is 8.21. The fraction of sp³-hybridized carbons (Fsp3) is 0.909. The van der Waals surface area contributed by atoms with Crippen LogP contribution in [0.1, 0.15) is 40.0 Å². The topological polar surface area (TPSA) is 88.2 Å². The lowest BCUT2D eigenvalue weighted by Gasteiger charge is -2.26. The van der Waals surface area contributed by atoms with Crippen LogP contribution in [0.2, 0.25) is 0 Å². The van der Waals surface area contributed by atoms with Crippen molar-refractivity contribution in [1.29, 1.82) is 0 Å². The molecule has 0 spiro atoms. The third kappa shape index (κ3) is 3.75. The van der Waals surface area contributed by atoms with E-state index in [-0.39, 0.29) is 17.6 Å². The monoisotopic (exact) mass is 259 g/mol. The Morgan fingerprint density at radius 2 is 2.11 bits per heavy atom. The first-order valence-corrected chi connectivity index (χ1v) is 6.02. The minimum absolute atomic E-state index is 0.282. The van der Waals surface area contributed by atoms with E-state index in [4.69, 9.17) is 9.94 Å². The van der Waals surface area contributed by atoms with Crippen LogP contribution in [-0.4, -0.2) is 39.7 Å². The van der Waals surface area contributed by atoms with Crippen molar-refractivity contribution in [2.75, 3.05) is 7.05 Å². The van der Waals surface area contributed by atoms with E-state index >= 15 is 0 Å². The molecule has 7 heteroatoms. The van der Waals surface area contributed by atoms with Crippen LogP contribution in [0.4, 0.5) is 0 Å². The average molecular weight is 259 g/mol. The van der Waals surface area contributed by atoms with Gasteiger partial charge in [0.15, 0.2) is 0 Å². The molecule has 1 N–H and O–H groups in total. The molecule has 1 fully saturated rings. The van der Waals surface area contributed by atoms with Crippen molar-refractivity contribution in [3.05, 3.63) is 5.21 Å². The van der Waals surface area contributed by atoms with Crippen molar-refractivity contribution in [2.45, 2.75) is 51.7 Å². The lowest BCUT2D eigenvalue weighted by Crippen LogP contribution is -2.42. The SMILES string of the molecule is CN(/[N+]([O-])=N\O[C@@H]1CC[C@@H](C(=O)O)C1)C(C)(C)C. The van der Waals surface area contributed by atoms with Crippen LogP contribution in [-0.2, 0) is 9.63 Å². The molecular weight excluding hydrogens is 238 g/mol. The van der Waals surface area contributed by atoms with Gasteiger partial charge in [0.1, 0.15) is 6.10 Å². The van der Waals surface area contributed by atoms with Crippen molar-refractivity contribution >= 4 is 5.97 Å². The van der Waals surface area contributed by atoms with Gasteiger partial charge in [0.05, 0.1) is 23.5 Å². The highest BCUT2D eigenvalue weighted by Gasteiger charge is 2.32. The van der Waals surface area contributed by atoms with E-state index in [0.29, 0.717) is 24.2 Å². The number of hydrogen-bond acceptors (Lipinski definition) is 4. The summed E-state index contributed by atoms with van der Waals surface area (Å²) in [7, 11) is 1.62. The van der Waals surface area contributed by atoms with Crippen LogP contribution in [0.25, 0.3) is 0 Å². The van der Waals surface area contributed by atoms with Crippen molar-refractivity contribution in [3.8, 4) is 0 Å². The van der Waals surface area contributed by atoms with Crippen LogP contribution in [0.5, 0.6) is 0 Å². The molecule has 0 aromatic rings. The standard InChI is InChI=1S/C11H21N3O4/c1-11(2,3)13(4)14(17)12-18-9-6-5-8(7-9)10(15)16/h8-9H,5-7H2,1-4H3,(H,15,16)/b14-12+/t8-,9-/m1/s1. The number of aliphatic carboxylic acids is 1. The van der Waals surface area contributed by atoms with Gasteiger partial charge < -0.3 is 15.2 Å². The van der Waals surface area contributed by atoms with Crippen LogP contribution in [0, 0.1) is 11.1 Å². The summed E-state index contributed by atoms with van der Waals surface area (Å²) in [5, 5.41) is 25.3. The minimum Gasteiger partial charge on any atom is -0.569 e. The molecule has 1 aliphatic rings. The zero-order chi connectivity index (χ0) is 13.9. The highest BCUT2D eigenvalue weighted by Crippen LogP contribution is 2.28. The van der Waals surface area contributed by atoms with E-state index < -0.39 is 5.97 Å². The number of nitrogens with zero attached hydrogens (tertiary/aromatic N) is 3. The summed E-state index contributed by atoms with van der Waals surface area (Å²) in [6.45, 7) is 5.64. The molecular formula is C11H21N3O4. The molecule has 104 valence electrons. The van der Waals surface area contributed by atoms with Gasteiger partial charge in [-0.05, 0) is 33.6 Å². The predicted octanol–water partition coefficient (Wildman–Crippen LogP) is 1.78. The van der Waals surface area contributed by atoms with Gasteiger partial charge in [0.2, 0.25) is 5.28 Å². The van der Waals surface area contributed by atoms with Gasteiger partial charge in [0.25, 0.3) is 0 Å². The van der Waals surface area contributed by atoms with Gasteiger partial charge in [-0.2, -0.15) is 0 Å². The second-order valence-electron chi connectivity index (χ2n) is 5.60. The molecule has 2 atom stereocenters. The molecule has 1 saturated carbocycles. The van der Waals surface area contributed by atoms with Gasteiger partial charge in [0, 0.05) is 6.42 Å². The lowest BCUT2D eigenvalue weighted by atomic mass is 10.1. The molecule has 0 aliphatic heterocycles. The smallest absolute Gasteiger partial charge is 0.306 e. The molecule has 0 unspecified atom stereocenters. The number of hydrazine groups is 1. The first kappa shape index (κ1) is 14.5. The summed E-state index contributed by atoms with van der Waals surface area (Å²) in [6, 6.07) is 0. The number of carboxylic acids is 1. The van der Waals surface area contributed by atoms with E-state index in [0.717, 1.165) is 0 Å². The summed E-state index contributed by atoms with van der Waals surface area (Å²) in [6.07, 6.45) is 1.32.